The van der Waals surface area contributed by atoms with E-state index in [2.05, 4.69) is 5.32 Å². The lowest BCUT2D eigenvalue weighted by Crippen LogP contribution is -2.34. The van der Waals surface area contributed by atoms with Crippen molar-refractivity contribution in [3.63, 3.8) is 0 Å². The minimum absolute atomic E-state index is 0.0252. The van der Waals surface area contributed by atoms with Crippen LogP contribution in [0.3, 0.4) is 0 Å². The van der Waals surface area contributed by atoms with Crippen LogP contribution in [0.5, 0.6) is 0 Å². The average molecular weight is 314 g/mol. The SMILES string of the molecule is CC(=O)c1c(C)n(CC(=O)NC[C@H]2CCCO2)c2ccccc12. The summed E-state index contributed by atoms with van der Waals surface area (Å²) in [6, 6.07) is 7.71. The van der Waals surface area contributed by atoms with Gasteiger partial charge < -0.3 is 14.6 Å². The smallest absolute Gasteiger partial charge is 0.240 e. The number of hydrogen-bond donors (Lipinski definition) is 1. The zero-order chi connectivity index (χ0) is 16.4. The molecule has 0 bridgehead atoms. The van der Waals surface area contributed by atoms with E-state index in [-0.39, 0.29) is 24.3 Å². The number of fused-ring (bicyclic) bond motifs is 1. The van der Waals surface area contributed by atoms with E-state index in [0.717, 1.165) is 36.0 Å². The van der Waals surface area contributed by atoms with Crippen LogP contribution in [-0.4, -0.2) is 35.5 Å². The van der Waals surface area contributed by atoms with Crippen LogP contribution in [0.25, 0.3) is 10.9 Å². The van der Waals surface area contributed by atoms with Crippen LogP contribution >= 0.6 is 0 Å². The van der Waals surface area contributed by atoms with Gasteiger partial charge in [-0.1, -0.05) is 18.2 Å². The fraction of sp³-hybridized carbons (Fsp3) is 0.444. The molecule has 2 aromatic rings. The van der Waals surface area contributed by atoms with Crippen LogP contribution in [0.1, 0.15) is 35.8 Å². The van der Waals surface area contributed by atoms with Gasteiger partial charge in [-0.25, -0.2) is 0 Å². The standard InChI is InChI=1S/C18H22N2O3/c1-12-18(13(2)21)15-7-3-4-8-16(15)20(12)11-17(22)19-10-14-6-5-9-23-14/h3-4,7-8,14H,5-6,9-11H2,1-2H3,(H,19,22)/t14-/m1/s1. The molecule has 1 aromatic heterocycles. The molecule has 1 saturated heterocycles. The van der Waals surface area contributed by atoms with E-state index >= 15 is 0 Å². The second kappa shape index (κ2) is 6.54. The van der Waals surface area contributed by atoms with Crippen LogP contribution < -0.4 is 5.32 Å². The first-order chi connectivity index (χ1) is 11.1. The van der Waals surface area contributed by atoms with Crippen molar-refractivity contribution in [2.24, 2.45) is 0 Å². The molecule has 2 heterocycles. The predicted octanol–water partition coefficient (Wildman–Crippen LogP) is 2.45. The highest BCUT2D eigenvalue weighted by Gasteiger charge is 2.20. The predicted molar refractivity (Wildman–Crippen MR) is 88.7 cm³/mol. The van der Waals surface area contributed by atoms with Crippen molar-refractivity contribution in [3.05, 3.63) is 35.5 Å². The molecule has 1 aliphatic heterocycles. The maximum Gasteiger partial charge on any atom is 0.240 e. The summed E-state index contributed by atoms with van der Waals surface area (Å²) in [5.41, 5.74) is 2.46. The maximum atomic E-state index is 12.3. The summed E-state index contributed by atoms with van der Waals surface area (Å²) in [6.45, 7) is 5.01. The van der Waals surface area contributed by atoms with Gasteiger partial charge in [0, 0.05) is 35.3 Å². The molecule has 23 heavy (non-hydrogen) atoms. The number of hydrogen-bond acceptors (Lipinski definition) is 3. The molecule has 1 fully saturated rings. The van der Waals surface area contributed by atoms with E-state index in [4.69, 9.17) is 4.74 Å². The molecular formula is C18H22N2O3. The Bertz CT molecular complexity index is 742. The van der Waals surface area contributed by atoms with Crippen molar-refractivity contribution in [1.82, 2.24) is 9.88 Å². The highest BCUT2D eigenvalue weighted by Crippen LogP contribution is 2.26. The molecule has 1 atom stereocenters. The maximum absolute atomic E-state index is 12.3. The third-order valence-corrected chi connectivity index (χ3v) is 4.44. The van der Waals surface area contributed by atoms with Crippen molar-refractivity contribution in [2.75, 3.05) is 13.2 Å². The molecule has 5 heteroatoms. The first-order valence-corrected chi connectivity index (χ1v) is 8.05. The summed E-state index contributed by atoms with van der Waals surface area (Å²) < 4.78 is 7.43. The van der Waals surface area contributed by atoms with E-state index in [1.165, 1.54) is 0 Å². The number of aromatic nitrogens is 1. The lowest BCUT2D eigenvalue weighted by molar-refractivity contribution is -0.122. The van der Waals surface area contributed by atoms with Crippen LogP contribution in [0.4, 0.5) is 0 Å². The third kappa shape index (κ3) is 3.15. The van der Waals surface area contributed by atoms with Crippen molar-refractivity contribution >= 4 is 22.6 Å². The average Bonchev–Trinajstić information content (AvgIpc) is 3.12. The van der Waals surface area contributed by atoms with Gasteiger partial charge in [-0.15, -0.1) is 0 Å². The Morgan fingerprint density at radius 3 is 2.83 bits per heavy atom. The van der Waals surface area contributed by atoms with Gasteiger partial charge in [-0.2, -0.15) is 0 Å². The molecule has 3 rings (SSSR count). The van der Waals surface area contributed by atoms with Crippen LogP contribution in [-0.2, 0) is 16.1 Å². The van der Waals surface area contributed by atoms with Crippen molar-refractivity contribution in [1.29, 1.82) is 0 Å². The van der Waals surface area contributed by atoms with Crippen LogP contribution in [0.2, 0.25) is 0 Å². The Morgan fingerprint density at radius 1 is 1.35 bits per heavy atom. The van der Waals surface area contributed by atoms with Crippen LogP contribution in [0.15, 0.2) is 24.3 Å². The summed E-state index contributed by atoms with van der Waals surface area (Å²) in [6.07, 6.45) is 2.19. The highest BCUT2D eigenvalue weighted by molar-refractivity contribution is 6.08. The fourth-order valence-corrected chi connectivity index (χ4v) is 3.31. The molecule has 1 N–H and O–H groups in total. The number of nitrogens with one attached hydrogen (secondary N) is 1. The molecule has 1 aromatic carbocycles. The molecule has 0 aliphatic carbocycles. The van der Waals surface area contributed by atoms with E-state index in [9.17, 15) is 9.59 Å². The molecule has 0 spiro atoms. The molecule has 0 unspecified atom stereocenters. The van der Waals surface area contributed by atoms with Crippen molar-refractivity contribution in [3.8, 4) is 0 Å². The number of rotatable bonds is 5. The molecule has 1 amide bonds. The summed E-state index contributed by atoms with van der Waals surface area (Å²) in [4.78, 5) is 24.2. The second-order valence-corrected chi connectivity index (χ2v) is 6.06. The zero-order valence-corrected chi connectivity index (χ0v) is 13.6. The van der Waals surface area contributed by atoms with Gasteiger partial charge in [0.15, 0.2) is 5.78 Å². The molecular weight excluding hydrogens is 292 g/mol. The Balaban J connectivity index is 1.80. The summed E-state index contributed by atoms with van der Waals surface area (Å²) in [5, 5.41) is 3.84. The minimum Gasteiger partial charge on any atom is -0.376 e. The first-order valence-electron chi connectivity index (χ1n) is 8.05. The Morgan fingerprint density at radius 2 is 2.13 bits per heavy atom. The van der Waals surface area contributed by atoms with Gasteiger partial charge in [0.05, 0.1) is 6.10 Å². The summed E-state index contributed by atoms with van der Waals surface area (Å²) in [7, 11) is 0. The minimum atomic E-state index is -0.0561. The number of ketones is 1. The largest absolute Gasteiger partial charge is 0.376 e. The van der Waals surface area contributed by atoms with Gasteiger partial charge in [0.2, 0.25) is 5.91 Å². The van der Waals surface area contributed by atoms with Crippen molar-refractivity contribution in [2.45, 2.75) is 39.3 Å². The number of carbonyl (C=O) groups is 2. The van der Waals surface area contributed by atoms with Gasteiger partial charge in [0.25, 0.3) is 0 Å². The van der Waals surface area contributed by atoms with Crippen molar-refractivity contribution < 1.29 is 14.3 Å². The number of nitrogens with zero attached hydrogens (tertiary/aromatic N) is 1. The molecule has 1 aliphatic rings. The number of para-hydroxylation sites is 1. The van der Waals surface area contributed by atoms with Gasteiger partial charge in [0.1, 0.15) is 6.54 Å². The Kier molecular flexibility index (Phi) is 4.48. The topological polar surface area (TPSA) is 60.3 Å². The third-order valence-electron chi connectivity index (χ3n) is 4.44. The quantitative estimate of drug-likeness (QED) is 0.862. The lowest BCUT2D eigenvalue weighted by atomic mass is 10.1. The monoisotopic (exact) mass is 314 g/mol. The van der Waals surface area contributed by atoms with Gasteiger partial charge in [-0.3, -0.25) is 9.59 Å². The zero-order valence-electron chi connectivity index (χ0n) is 13.6. The molecule has 0 saturated carbocycles. The lowest BCUT2D eigenvalue weighted by Gasteiger charge is -2.12. The molecule has 0 radical (unpaired) electrons. The van der Waals surface area contributed by atoms with Gasteiger partial charge in [-0.05, 0) is 32.8 Å². The Hall–Kier alpha value is -2.14. The van der Waals surface area contributed by atoms with E-state index in [1.807, 2.05) is 35.8 Å². The number of Topliss-reactive ketones (excluding diaryl/α,β-unsaturated/α-hetero) is 1. The Labute approximate surface area is 135 Å². The summed E-state index contributed by atoms with van der Waals surface area (Å²) >= 11 is 0. The number of carbonyl (C=O) groups excluding carboxylic acids is 2. The number of amides is 1. The van der Waals surface area contributed by atoms with E-state index in [0.29, 0.717) is 12.1 Å². The summed E-state index contributed by atoms with van der Waals surface area (Å²) in [5.74, 6) is -0.0309. The van der Waals surface area contributed by atoms with Crippen LogP contribution in [0, 0.1) is 6.92 Å². The fourth-order valence-electron chi connectivity index (χ4n) is 3.31. The van der Waals surface area contributed by atoms with E-state index in [1.54, 1.807) is 6.92 Å². The highest BCUT2D eigenvalue weighted by atomic mass is 16.5. The number of benzene rings is 1. The first kappa shape index (κ1) is 15.7. The second-order valence-electron chi connectivity index (χ2n) is 6.06. The molecule has 5 nitrogen and oxygen atoms in total. The van der Waals surface area contributed by atoms with Gasteiger partial charge >= 0.3 is 0 Å². The molecule has 122 valence electrons. The van der Waals surface area contributed by atoms with E-state index < -0.39 is 0 Å². The normalized spacial score (nSPS) is 17.6. The number of ether oxygens (including phenoxy) is 1.